The van der Waals surface area contributed by atoms with Crippen molar-refractivity contribution in [1.82, 2.24) is 4.90 Å². The van der Waals surface area contributed by atoms with Gasteiger partial charge in [0.25, 0.3) is 0 Å². The monoisotopic (exact) mass is 275 g/mol. The fraction of sp³-hybridized carbons (Fsp3) is 0.429. The fourth-order valence-corrected chi connectivity index (χ4v) is 3.30. The van der Waals surface area contributed by atoms with Crippen molar-refractivity contribution in [1.29, 1.82) is 5.26 Å². The molecule has 0 aromatic heterocycles. The Bertz CT molecular complexity index is 492. The minimum absolute atomic E-state index is 0.0528. The molecule has 5 heteroatoms. The maximum atomic E-state index is 11.8. The standard InChI is InChI=1S/C14H17N3OS/c1-16(2)12-6-4-11(5-7-12)14-17(9-3-8-15)13(18)10-19-14/h4-7,14H,3,9-10H2,1-2H3. The van der Waals surface area contributed by atoms with E-state index in [1.54, 1.807) is 16.7 Å². The van der Waals surface area contributed by atoms with E-state index in [0.29, 0.717) is 18.7 Å². The lowest BCUT2D eigenvalue weighted by molar-refractivity contribution is -0.127. The van der Waals surface area contributed by atoms with Crippen molar-refractivity contribution in [2.45, 2.75) is 11.8 Å². The summed E-state index contributed by atoms with van der Waals surface area (Å²) in [4.78, 5) is 15.7. The van der Waals surface area contributed by atoms with Gasteiger partial charge >= 0.3 is 0 Å². The van der Waals surface area contributed by atoms with Crippen LogP contribution >= 0.6 is 11.8 Å². The molecule has 19 heavy (non-hydrogen) atoms. The molecule has 4 nitrogen and oxygen atoms in total. The van der Waals surface area contributed by atoms with Crippen molar-refractivity contribution in [3.05, 3.63) is 29.8 Å². The normalized spacial score (nSPS) is 18.5. The van der Waals surface area contributed by atoms with Crippen LogP contribution in [0.25, 0.3) is 0 Å². The molecule has 1 fully saturated rings. The lowest BCUT2D eigenvalue weighted by Crippen LogP contribution is -2.29. The number of nitriles is 1. The molecular formula is C14H17N3OS. The molecule has 100 valence electrons. The molecular weight excluding hydrogens is 258 g/mol. The quantitative estimate of drug-likeness (QED) is 0.845. The lowest BCUT2D eigenvalue weighted by Gasteiger charge is -2.23. The summed E-state index contributed by atoms with van der Waals surface area (Å²) in [7, 11) is 4.00. The van der Waals surface area contributed by atoms with Crippen LogP contribution in [0.5, 0.6) is 0 Å². The zero-order valence-corrected chi connectivity index (χ0v) is 12.0. The second-order valence-electron chi connectivity index (χ2n) is 4.64. The highest BCUT2D eigenvalue weighted by atomic mass is 32.2. The molecule has 1 unspecified atom stereocenters. The van der Waals surface area contributed by atoms with Gasteiger partial charge in [0.1, 0.15) is 5.37 Å². The van der Waals surface area contributed by atoms with Gasteiger partial charge in [-0.15, -0.1) is 11.8 Å². The Morgan fingerprint density at radius 2 is 2.11 bits per heavy atom. The Hall–Kier alpha value is -1.67. The Morgan fingerprint density at radius 3 is 2.68 bits per heavy atom. The topological polar surface area (TPSA) is 47.3 Å². The summed E-state index contributed by atoms with van der Waals surface area (Å²) in [5.74, 6) is 0.632. The van der Waals surface area contributed by atoms with Gasteiger partial charge in [-0.05, 0) is 17.7 Å². The lowest BCUT2D eigenvalue weighted by atomic mass is 10.1. The van der Waals surface area contributed by atoms with Gasteiger partial charge in [0.05, 0.1) is 18.2 Å². The van der Waals surface area contributed by atoms with E-state index in [4.69, 9.17) is 5.26 Å². The molecule has 1 heterocycles. The van der Waals surface area contributed by atoms with E-state index in [-0.39, 0.29) is 11.3 Å². The molecule has 1 aliphatic rings. The van der Waals surface area contributed by atoms with E-state index in [2.05, 4.69) is 30.3 Å². The minimum atomic E-state index is 0.0528. The second-order valence-corrected chi connectivity index (χ2v) is 5.71. The highest BCUT2D eigenvalue weighted by Gasteiger charge is 2.32. The minimum Gasteiger partial charge on any atom is -0.378 e. The number of carbonyl (C=O) groups is 1. The van der Waals surface area contributed by atoms with Gasteiger partial charge in [-0.2, -0.15) is 5.26 Å². The Kier molecular flexibility index (Phi) is 4.33. The predicted octanol–water partition coefficient (Wildman–Crippen LogP) is 2.24. The summed E-state index contributed by atoms with van der Waals surface area (Å²) in [5, 5.41) is 8.72. The maximum absolute atomic E-state index is 11.8. The van der Waals surface area contributed by atoms with Crippen molar-refractivity contribution in [3.63, 3.8) is 0 Å². The van der Waals surface area contributed by atoms with Crippen LogP contribution in [0.15, 0.2) is 24.3 Å². The number of hydrogen-bond acceptors (Lipinski definition) is 4. The van der Waals surface area contributed by atoms with Crippen LogP contribution in [0, 0.1) is 11.3 Å². The van der Waals surface area contributed by atoms with Crippen LogP contribution in [-0.4, -0.2) is 37.2 Å². The summed E-state index contributed by atoms with van der Waals surface area (Å²) in [6.07, 6.45) is 0.387. The van der Waals surface area contributed by atoms with E-state index in [0.717, 1.165) is 11.3 Å². The Morgan fingerprint density at radius 1 is 1.42 bits per heavy atom. The number of rotatable bonds is 4. The van der Waals surface area contributed by atoms with Gasteiger partial charge < -0.3 is 9.80 Å². The third-order valence-corrected chi connectivity index (χ3v) is 4.38. The zero-order chi connectivity index (χ0) is 13.8. The maximum Gasteiger partial charge on any atom is 0.233 e. The molecule has 0 aliphatic carbocycles. The molecule has 0 spiro atoms. The van der Waals surface area contributed by atoms with Crippen molar-refractivity contribution < 1.29 is 4.79 Å². The molecule has 2 rings (SSSR count). The first-order chi connectivity index (χ1) is 9.13. The fourth-order valence-electron chi connectivity index (χ4n) is 2.08. The van der Waals surface area contributed by atoms with E-state index in [1.807, 2.05) is 19.0 Å². The third kappa shape index (κ3) is 3.02. The highest BCUT2D eigenvalue weighted by Crippen LogP contribution is 2.38. The molecule has 1 atom stereocenters. The van der Waals surface area contributed by atoms with Gasteiger partial charge in [0, 0.05) is 26.3 Å². The molecule has 1 aromatic carbocycles. The molecule has 1 aliphatic heterocycles. The second kappa shape index (κ2) is 5.98. The number of benzene rings is 1. The van der Waals surface area contributed by atoms with Gasteiger partial charge in [-0.1, -0.05) is 12.1 Å². The third-order valence-electron chi connectivity index (χ3n) is 3.13. The number of thioether (sulfide) groups is 1. The number of amides is 1. The summed E-state index contributed by atoms with van der Waals surface area (Å²) in [6.45, 7) is 0.516. The molecule has 0 saturated carbocycles. The average molecular weight is 275 g/mol. The largest absolute Gasteiger partial charge is 0.378 e. The van der Waals surface area contributed by atoms with Crippen molar-refractivity contribution in [2.24, 2.45) is 0 Å². The SMILES string of the molecule is CN(C)c1ccc(C2SCC(=O)N2CCC#N)cc1. The average Bonchev–Trinajstić information content (AvgIpc) is 2.78. The van der Waals surface area contributed by atoms with Gasteiger partial charge in [-0.25, -0.2) is 0 Å². The van der Waals surface area contributed by atoms with E-state index in [9.17, 15) is 4.79 Å². The molecule has 1 aromatic rings. The summed E-state index contributed by atoms with van der Waals surface area (Å²) < 4.78 is 0. The van der Waals surface area contributed by atoms with E-state index < -0.39 is 0 Å². The van der Waals surface area contributed by atoms with E-state index >= 15 is 0 Å². The Balaban J connectivity index is 2.15. The molecule has 0 N–H and O–H groups in total. The summed E-state index contributed by atoms with van der Waals surface area (Å²) >= 11 is 1.63. The smallest absolute Gasteiger partial charge is 0.233 e. The highest BCUT2D eigenvalue weighted by molar-refractivity contribution is 8.00. The van der Waals surface area contributed by atoms with Crippen LogP contribution in [0.4, 0.5) is 5.69 Å². The van der Waals surface area contributed by atoms with Gasteiger partial charge in [0.15, 0.2) is 0 Å². The number of hydrogen-bond donors (Lipinski definition) is 0. The van der Waals surface area contributed by atoms with E-state index in [1.165, 1.54) is 0 Å². The van der Waals surface area contributed by atoms with Crippen molar-refractivity contribution >= 4 is 23.4 Å². The van der Waals surface area contributed by atoms with Crippen LogP contribution in [0.1, 0.15) is 17.4 Å². The molecule has 0 radical (unpaired) electrons. The van der Waals surface area contributed by atoms with Crippen LogP contribution in [0.2, 0.25) is 0 Å². The van der Waals surface area contributed by atoms with Crippen molar-refractivity contribution in [2.75, 3.05) is 31.3 Å². The summed E-state index contributed by atoms with van der Waals surface area (Å²) in [5.41, 5.74) is 2.26. The van der Waals surface area contributed by atoms with Crippen LogP contribution < -0.4 is 4.90 Å². The number of nitrogens with zero attached hydrogens (tertiary/aromatic N) is 3. The molecule has 0 bridgehead atoms. The first kappa shape index (κ1) is 13.8. The predicted molar refractivity (Wildman–Crippen MR) is 77.9 cm³/mol. The zero-order valence-electron chi connectivity index (χ0n) is 11.2. The Labute approximate surface area is 118 Å². The molecule has 1 amide bonds. The molecule has 1 saturated heterocycles. The van der Waals surface area contributed by atoms with Crippen LogP contribution in [-0.2, 0) is 4.79 Å². The number of carbonyl (C=O) groups excluding carboxylic acids is 1. The number of anilines is 1. The van der Waals surface area contributed by atoms with Gasteiger partial charge in [0.2, 0.25) is 5.91 Å². The van der Waals surface area contributed by atoms with Crippen LogP contribution in [0.3, 0.4) is 0 Å². The first-order valence-corrected chi connectivity index (χ1v) is 7.23. The first-order valence-electron chi connectivity index (χ1n) is 6.19. The van der Waals surface area contributed by atoms with Gasteiger partial charge in [-0.3, -0.25) is 4.79 Å². The summed E-state index contributed by atoms with van der Waals surface area (Å²) in [6, 6.07) is 10.3. The van der Waals surface area contributed by atoms with Crippen molar-refractivity contribution in [3.8, 4) is 6.07 Å².